The Morgan fingerprint density at radius 2 is 1.29 bits per heavy atom. The zero-order chi connectivity index (χ0) is 23.8. The predicted octanol–water partition coefficient (Wildman–Crippen LogP) is 4.35. The second-order valence-corrected chi connectivity index (χ2v) is 9.30. The number of hydrogen-bond acceptors (Lipinski definition) is 6. The highest BCUT2D eigenvalue weighted by molar-refractivity contribution is 5.67. The number of nitrogens with one attached hydrogen (secondary N) is 2. The molecular formula is C26H42N2O6. The van der Waals surface area contributed by atoms with E-state index in [-0.39, 0.29) is 18.3 Å². The van der Waals surface area contributed by atoms with Crippen molar-refractivity contribution in [3.63, 3.8) is 0 Å². The van der Waals surface area contributed by atoms with Gasteiger partial charge in [0.15, 0.2) is 0 Å². The molecule has 0 radical (unpaired) electrons. The zero-order valence-corrected chi connectivity index (χ0v) is 20.4. The van der Waals surface area contributed by atoms with Crippen LogP contribution in [0.1, 0.15) is 57.8 Å². The average molecular weight is 479 g/mol. The van der Waals surface area contributed by atoms with E-state index >= 15 is 0 Å². The van der Waals surface area contributed by atoms with E-state index in [2.05, 4.69) is 34.9 Å². The minimum Gasteiger partial charge on any atom is -0.449 e. The molecule has 0 aliphatic heterocycles. The van der Waals surface area contributed by atoms with Gasteiger partial charge >= 0.3 is 12.2 Å². The quantitative estimate of drug-likeness (QED) is 0.320. The lowest BCUT2D eigenvalue weighted by molar-refractivity contribution is 0.0468. The molecular weight excluding hydrogens is 436 g/mol. The summed E-state index contributed by atoms with van der Waals surface area (Å²) in [6.45, 7) is 2.99. The van der Waals surface area contributed by atoms with E-state index in [0.29, 0.717) is 52.0 Å². The number of rotatable bonds is 12. The fourth-order valence-corrected chi connectivity index (χ4v) is 4.87. The van der Waals surface area contributed by atoms with E-state index in [0.717, 1.165) is 56.8 Å². The van der Waals surface area contributed by atoms with Crippen LogP contribution in [-0.2, 0) is 18.9 Å². The number of alkyl carbamates (subject to hydrolysis) is 2. The average Bonchev–Trinajstić information content (AvgIpc) is 3.44. The molecule has 0 spiro atoms. The standard InChI is InChI=1S/C26H42N2O6/c29-25(33-20-24-22-12-8-4-5-9-13-23(22)24)27-14-16-31-18-19-32-17-15-28-26(30)34-21-10-6-2-1-3-7-11-21/h1-2,4-5,21-24H,3,6-20H2,(H,27,29)(H,28,30)/b2-1+,5-4-/t21?,22-,23+,24?. The number of fused-ring (bicyclic) bond motifs is 1. The summed E-state index contributed by atoms with van der Waals surface area (Å²) in [4.78, 5) is 23.7. The van der Waals surface area contributed by atoms with Crippen LogP contribution in [0.15, 0.2) is 24.3 Å². The Morgan fingerprint density at radius 3 is 1.97 bits per heavy atom. The van der Waals surface area contributed by atoms with Gasteiger partial charge in [0.1, 0.15) is 6.10 Å². The van der Waals surface area contributed by atoms with Crippen molar-refractivity contribution in [1.29, 1.82) is 0 Å². The van der Waals surface area contributed by atoms with Crippen LogP contribution in [0, 0.1) is 17.8 Å². The summed E-state index contributed by atoms with van der Waals surface area (Å²) in [6, 6.07) is 0. The molecule has 0 aromatic carbocycles. The highest BCUT2D eigenvalue weighted by atomic mass is 16.6. The molecule has 8 heteroatoms. The molecule has 3 rings (SSSR count). The van der Waals surface area contributed by atoms with Crippen LogP contribution in [0.4, 0.5) is 9.59 Å². The van der Waals surface area contributed by atoms with Gasteiger partial charge in [0.2, 0.25) is 0 Å². The fourth-order valence-electron chi connectivity index (χ4n) is 4.87. The minimum atomic E-state index is -0.379. The maximum absolute atomic E-state index is 11.9. The fraction of sp³-hybridized carbons (Fsp3) is 0.769. The summed E-state index contributed by atoms with van der Waals surface area (Å²) in [5.41, 5.74) is 0. The Bertz CT molecular complexity index is 652. The van der Waals surface area contributed by atoms with E-state index in [1.165, 1.54) is 12.8 Å². The first-order valence-electron chi connectivity index (χ1n) is 13.0. The van der Waals surface area contributed by atoms with Gasteiger partial charge < -0.3 is 29.6 Å². The molecule has 1 fully saturated rings. The van der Waals surface area contributed by atoms with Gasteiger partial charge in [-0.25, -0.2) is 9.59 Å². The summed E-state index contributed by atoms with van der Waals surface area (Å²) in [6.07, 6.45) is 17.7. The minimum absolute atomic E-state index is 0.00480. The third-order valence-corrected chi connectivity index (χ3v) is 6.81. The van der Waals surface area contributed by atoms with Crippen LogP contribution in [-0.4, -0.2) is 64.4 Å². The summed E-state index contributed by atoms with van der Waals surface area (Å²) in [5, 5.41) is 5.46. The van der Waals surface area contributed by atoms with E-state index in [1.807, 2.05) is 0 Å². The molecule has 0 heterocycles. The van der Waals surface area contributed by atoms with Crippen LogP contribution in [0.5, 0.6) is 0 Å². The van der Waals surface area contributed by atoms with E-state index in [9.17, 15) is 9.59 Å². The molecule has 0 aromatic heterocycles. The van der Waals surface area contributed by atoms with Crippen molar-refractivity contribution in [1.82, 2.24) is 10.6 Å². The van der Waals surface area contributed by atoms with Crippen molar-refractivity contribution in [2.45, 2.75) is 63.9 Å². The molecule has 34 heavy (non-hydrogen) atoms. The predicted molar refractivity (Wildman–Crippen MR) is 130 cm³/mol. The van der Waals surface area contributed by atoms with Crippen molar-refractivity contribution < 1.29 is 28.5 Å². The molecule has 0 saturated heterocycles. The van der Waals surface area contributed by atoms with Crippen LogP contribution in [0.3, 0.4) is 0 Å². The maximum atomic E-state index is 11.9. The van der Waals surface area contributed by atoms with Gasteiger partial charge in [-0.15, -0.1) is 0 Å². The molecule has 3 aliphatic rings. The van der Waals surface area contributed by atoms with Gasteiger partial charge in [-0.05, 0) is 75.5 Å². The van der Waals surface area contributed by atoms with Crippen molar-refractivity contribution in [3.8, 4) is 0 Å². The number of allylic oxidation sites excluding steroid dienone is 4. The zero-order valence-electron chi connectivity index (χ0n) is 20.4. The Kier molecular flexibility index (Phi) is 12.3. The Morgan fingerprint density at radius 1 is 0.706 bits per heavy atom. The summed E-state index contributed by atoms with van der Waals surface area (Å²) >= 11 is 0. The molecule has 0 aromatic rings. The van der Waals surface area contributed by atoms with Crippen molar-refractivity contribution in [2.24, 2.45) is 17.8 Å². The van der Waals surface area contributed by atoms with Crippen LogP contribution in [0.25, 0.3) is 0 Å². The van der Waals surface area contributed by atoms with E-state index in [1.54, 1.807) is 0 Å². The third-order valence-electron chi connectivity index (χ3n) is 6.81. The Balaban J connectivity index is 1.07. The monoisotopic (exact) mass is 478 g/mol. The van der Waals surface area contributed by atoms with Gasteiger partial charge in [-0.3, -0.25) is 0 Å². The SMILES string of the molecule is O=C(NCCOCCOCCNC(=O)OC1CC/C=C/CCC1)OCC1[C@H]2CC/C=C\CC[C@@H]12. The van der Waals surface area contributed by atoms with E-state index < -0.39 is 0 Å². The number of carbonyl (C=O) groups is 2. The molecule has 4 atom stereocenters. The topological polar surface area (TPSA) is 95.1 Å². The summed E-state index contributed by atoms with van der Waals surface area (Å²) < 4.78 is 21.8. The van der Waals surface area contributed by atoms with E-state index in [4.69, 9.17) is 18.9 Å². The first kappa shape index (κ1) is 26.5. The Labute approximate surface area is 203 Å². The van der Waals surface area contributed by atoms with Crippen LogP contribution in [0.2, 0.25) is 0 Å². The third kappa shape index (κ3) is 10.5. The lowest BCUT2D eigenvalue weighted by atomic mass is 10.0. The molecule has 2 amide bonds. The van der Waals surface area contributed by atoms with Crippen molar-refractivity contribution in [3.05, 3.63) is 24.3 Å². The smallest absolute Gasteiger partial charge is 0.407 e. The second-order valence-electron chi connectivity index (χ2n) is 9.30. The molecule has 192 valence electrons. The molecule has 2 N–H and O–H groups in total. The van der Waals surface area contributed by atoms with Gasteiger partial charge in [-0.1, -0.05) is 24.3 Å². The van der Waals surface area contributed by atoms with Crippen molar-refractivity contribution in [2.75, 3.05) is 46.1 Å². The molecule has 3 aliphatic carbocycles. The highest BCUT2D eigenvalue weighted by Gasteiger charge is 2.49. The molecule has 8 nitrogen and oxygen atoms in total. The first-order chi connectivity index (χ1) is 16.7. The highest BCUT2D eigenvalue weighted by Crippen LogP contribution is 2.52. The van der Waals surface area contributed by atoms with Crippen LogP contribution < -0.4 is 10.6 Å². The normalized spacial score (nSPS) is 28.1. The van der Waals surface area contributed by atoms with Gasteiger partial charge in [0.05, 0.1) is 33.0 Å². The van der Waals surface area contributed by atoms with Crippen LogP contribution >= 0.6 is 0 Å². The molecule has 0 bridgehead atoms. The largest absolute Gasteiger partial charge is 0.449 e. The summed E-state index contributed by atoms with van der Waals surface area (Å²) in [7, 11) is 0. The molecule has 2 unspecified atom stereocenters. The van der Waals surface area contributed by atoms with Gasteiger partial charge in [0.25, 0.3) is 0 Å². The maximum Gasteiger partial charge on any atom is 0.407 e. The lowest BCUT2D eigenvalue weighted by Crippen LogP contribution is -2.32. The Hall–Kier alpha value is -2.06. The molecule has 1 saturated carbocycles. The number of ether oxygens (including phenoxy) is 4. The number of hydrogen-bond donors (Lipinski definition) is 2. The lowest BCUT2D eigenvalue weighted by Gasteiger charge is -2.18. The first-order valence-corrected chi connectivity index (χ1v) is 13.0. The van der Waals surface area contributed by atoms with Crippen molar-refractivity contribution >= 4 is 12.2 Å². The summed E-state index contributed by atoms with van der Waals surface area (Å²) in [5.74, 6) is 1.99. The number of amides is 2. The van der Waals surface area contributed by atoms with Gasteiger partial charge in [0, 0.05) is 13.1 Å². The van der Waals surface area contributed by atoms with Gasteiger partial charge in [-0.2, -0.15) is 0 Å². The second kappa shape index (κ2) is 15.8. The number of carbonyl (C=O) groups excluding carboxylic acids is 2.